The molecule has 3 aromatic rings. The molecule has 2 fully saturated rings. The highest BCUT2D eigenvalue weighted by Crippen LogP contribution is 2.54. The van der Waals surface area contributed by atoms with Gasteiger partial charge >= 0.3 is 7.75 Å². The number of para-hydroxylation sites is 1. The summed E-state index contributed by atoms with van der Waals surface area (Å²) in [5, 5.41) is 13.2. The molecule has 13 nitrogen and oxygen atoms in total. The van der Waals surface area contributed by atoms with Crippen LogP contribution >= 0.6 is 7.75 Å². The number of anilines is 1. The fourth-order valence-corrected chi connectivity index (χ4v) is 6.13. The molecule has 2 aliphatic rings. The standard InChI is InChI=1S/C22H28N7O6P/c1-22(24-2)17(35-36(31,28-13-9-10-13)34-14-7-5-4-6-8-14)15(11-30)33-20(22)29-12-25-16-18(29)26-21(23)27-19(16)32-3/h4-8,12-13,15,17,20,30H,2,9-11H2,1,3H3,(H,28,31)(H2,23,26,27)/t15-,17-,20-,22-,36?/m1/s1. The van der Waals surface area contributed by atoms with Gasteiger partial charge in [-0.05, 0) is 38.6 Å². The van der Waals surface area contributed by atoms with Gasteiger partial charge in [-0.2, -0.15) is 9.97 Å². The lowest BCUT2D eigenvalue weighted by molar-refractivity contribution is -0.0436. The monoisotopic (exact) mass is 517 g/mol. The van der Waals surface area contributed by atoms with Crippen LogP contribution in [0.3, 0.4) is 0 Å². The Morgan fingerprint density at radius 2 is 2.11 bits per heavy atom. The molecule has 1 aromatic carbocycles. The van der Waals surface area contributed by atoms with E-state index in [0.717, 1.165) is 12.8 Å². The first-order valence-electron chi connectivity index (χ1n) is 11.4. The van der Waals surface area contributed by atoms with Crippen molar-refractivity contribution >= 4 is 31.6 Å². The van der Waals surface area contributed by atoms with Crippen molar-refractivity contribution in [3.05, 3.63) is 36.7 Å². The van der Waals surface area contributed by atoms with Crippen molar-refractivity contribution in [1.82, 2.24) is 24.6 Å². The van der Waals surface area contributed by atoms with Crippen LogP contribution in [0.1, 0.15) is 26.0 Å². The van der Waals surface area contributed by atoms with Crippen molar-refractivity contribution in [1.29, 1.82) is 0 Å². The number of aromatic nitrogens is 4. The summed E-state index contributed by atoms with van der Waals surface area (Å²) < 4.78 is 39.0. The van der Waals surface area contributed by atoms with E-state index in [-0.39, 0.29) is 17.9 Å². The number of nitrogens with zero attached hydrogens (tertiary/aromatic N) is 5. The third-order valence-electron chi connectivity index (χ3n) is 6.23. The number of fused-ring (bicyclic) bond motifs is 1. The number of aliphatic imine (C=N–C) groups is 1. The number of hydrogen-bond acceptors (Lipinski definition) is 11. The van der Waals surface area contributed by atoms with Crippen LogP contribution < -0.4 is 20.1 Å². The predicted molar refractivity (Wildman–Crippen MR) is 131 cm³/mol. The minimum Gasteiger partial charge on any atom is -0.479 e. The minimum atomic E-state index is -3.92. The molecule has 36 heavy (non-hydrogen) atoms. The Hall–Kier alpha value is -3.09. The molecule has 1 saturated carbocycles. The number of nitrogens with two attached hydrogens (primary N) is 1. The lowest BCUT2D eigenvalue weighted by Gasteiger charge is -2.33. The SMILES string of the molecule is C=N[C@]1(C)[C@H](OP(=O)(NC2CC2)Oc2ccccc2)[C@@H](CO)O[C@H]1n1cnc2c(OC)nc(N)nc21. The third-order valence-corrected chi connectivity index (χ3v) is 7.87. The van der Waals surface area contributed by atoms with E-state index in [2.05, 4.69) is 31.7 Å². The fourth-order valence-electron chi connectivity index (χ4n) is 4.22. The van der Waals surface area contributed by atoms with Crippen molar-refractivity contribution in [2.24, 2.45) is 4.99 Å². The van der Waals surface area contributed by atoms with E-state index in [1.807, 2.05) is 6.07 Å². The van der Waals surface area contributed by atoms with Crippen molar-refractivity contribution < 1.29 is 28.2 Å². The van der Waals surface area contributed by atoms with Crippen molar-refractivity contribution in [3.8, 4) is 11.6 Å². The van der Waals surface area contributed by atoms with E-state index < -0.39 is 38.3 Å². The van der Waals surface area contributed by atoms with Crippen molar-refractivity contribution in [2.75, 3.05) is 19.5 Å². The maximum atomic E-state index is 14.0. The van der Waals surface area contributed by atoms with Gasteiger partial charge in [0.1, 0.15) is 23.5 Å². The number of rotatable bonds is 10. The van der Waals surface area contributed by atoms with Gasteiger partial charge in [0, 0.05) is 6.04 Å². The lowest BCUT2D eigenvalue weighted by Crippen LogP contribution is -2.45. The first kappa shape index (κ1) is 24.6. The number of nitrogens with one attached hydrogen (secondary N) is 1. The van der Waals surface area contributed by atoms with Crippen molar-refractivity contribution in [2.45, 2.75) is 49.8 Å². The number of hydrogen-bond donors (Lipinski definition) is 3. The Kier molecular flexibility index (Phi) is 6.43. The molecular formula is C22H28N7O6P. The summed E-state index contributed by atoms with van der Waals surface area (Å²) in [6.07, 6.45) is 0.350. The maximum absolute atomic E-state index is 14.0. The predicted octanol–water partition coefficient (Wildman–Crippen LogP) is 2.09. The van der Waals surface area contributed by atoms with Crippen LogP contribution in [0.4, 0.5) is 5.95 Å². The summed E-state index contributed by atoms with van der Waals surface area (Å²) in [5.41, 5.74) is 5.32. The Labute approximate surface area is 207 Å². The van der Waals surface area contributed by atoms with E-state index in [1.165, 1.54) is 13.4 Å². The largest absolute Gasteiger partial charge is 0.479 e. The van der Waals surface area contributed by atoms with Crippen LogP contribution in [0.2, 0.25) is 0 Å². The number of methoxy groups -OCH3 is 1. The van der Waals surface area contributed by atoms with Crippen LogP contribution in [0.5, 0.6) is 11.6 Å². The van der Waals surface area contributed by atoms with Gasteiger partial charge in [0.15, 0.2) is 17.4 Å². The van der Waals surface area contributed by atoms with E-state index >= 15 is 0 Å². The van der Waals surface area contributed by atoms with E-state index in [1.54, 1.807) is 35.8 Å². The Morgan fingerprint density at radius 1 is 1.36 bits per heavy atom. The number of benzene rings is 1. The average molecular weight is 517 g/mol. The van der Waals surface area contributed by atoms with Crippen LogP contribution in [-0.2, 0) is 13.8 Å². The highest BCUT2D eigenvalue weighted by molar-refractivity contribution is 7.52. The molecule has 5 rings (SSSR count). The summed E-state index contributed by atoms with van der Waals surface area (Å²) in [6.45, 7) is 5.04. The van der Waals surface area contributed by atoms with Crippen LogP contribution in [0, 0.1) is 0 Å². The zero-order valence-electron chi connectivity index (χ0n) is 19.9. The normalized spacial score (nSPS) is 27.6. The smallest absolute Gasteiger partial charge is 0.459 e. The second kappa shape index (κ2) is 9.41. The summed E-state index contributed by atoms with van der Waals surface area (Å²) in [7, 11) is -2.47. The van der Waals surface area contributed by atoms with E-state index in [0.29, 0.717) is 16.9 Å². The highest BCUT2D eigenvalue weighted by Gasteiger charge is 2.58. The minimum absolute atomic E-state index is 0.00193. The van der Waals surface area contributed by atoms with E-state index in [9.17, 15) is 9.67 Å². The Balaban J connectivity index is 1.52. The average Bonchev–Trinajstić information content (AvgIpc) is 3.51. The maximum Gasteiger partial charge on any atom is 0.459 e. The quantitative estimate of drug-likeness (QED) is 0.266. The van der Waals surface area contributed by atoms with Gasteiger partial charge in [-0.15, -0.1) is 0 Å². The van der Waals surface area contributed by atoms with E-state index in [4.69, 9.17) is 24.3 Å². The van der Waals surface area contributed by atoms with Crippen LogP contribution in [-0.4, -0.2) is 68.8 Å². The molecule has 1 unspecified atom stereocenters. The summed E-state index contributed by atoms with van der Waals surface area (Å²) in [4.78, 5) is 17.0. The third kappa shape index (κ3) is 4.44. The summed E-state index contributed by atoms with van der Waals surface area (Å²) in [5.74, 6) is 0.551. The molecule has 1 aliphatic carbocycles. The molecule has 3 heterocycles. The zero-order valence-corrected chi connectivity index (χ0v) is 20.7. The number of nitrogen functional groups attached to an aromatic ring is 1. The number of imidazole rings is 1. The summed E-state index contributed by atoms with van der Waals surface area (Å²) >= 11 is 0. The molecule has 1 saturated heterocycles. The summed E-state index contributed by atoms with van der Waals surface area (Å²) in [6, 6.07) is 8.72. The van der Waals surface area contributed by atoms with Gasteiger partial charge in [0.25, 0.3) is 0 Å². The number of aliphatic hydroxyl groups excluding tert-OH is 1. The van der Waals surface area contributed by atoms with Crippen LogP contribution in [0.15, 0.2) is 41.7 Å². The van der Waals surface area contributed by atoms with Gasteiger partial charge in [0.05, 0.1) is 20.0 Å². The second-order valence-electron chi connectivity index (χ2n) is 8.84. The molecule has 192 valence electrons. The Morgan fingerprint density at radius 3 is 2.75 bits per heavy atom. The first-order valence-corrected chi connectivity index (χ1v) is 12.9. The number of ether oxygens (including phenoxy) is 2. The molecule has 0 radical (unpaired) electrons. The van der Waals surface area contributed by atoms with Crippen molar-refractivity contribution in [3.63, 3.8) is 0 Å². The molecule has 1 aliphatic heterocycles. The second-order valence-corrected chi connectivity index (χ2v) is 10.5. The molecule has 2 aromatic heterocycles. The Bertz CT molecular complexity index is 1300. The number of aliphatic hydroxyl groups is 1. The van der Waals surface area contributed by atoms with Gasteiger partial charge in [-0.1, -0.05) is 18.2 Å². The first-order chi connectivity index (χ1) is 17.3. The highest BCUT2D eigenvalue weighted by atomic mass is 31.2. The van der Waals surface area contributed by atoms with Crippen LogP contribution in [0.25, 0.3) is 11.2 Å². The van der Waals surface area contributed by atoms with Gasteiger partial charge in [0.2, 0.25) is 11.8 Å². The molecule has 5 atom stereocenters. The molecule has 14 heteroatoms. The fraction of sp³-hybridized carbons (Fsp3) is 0.455. The molecule has 0 amide bonds. The molecule has 4 N–H and O–H groups in total. The van der Waals surface area contributed by atoms with Gasteiger partial charge in [-0.25, -0.2) is 14.6 Å². The molecular weight excluding hydrogens is 489 g/mol. The topological polar surface area (TPSA) is 168 Å². The van der Waals surface area contributed by atoms with Gasteiger partial charge in [-0.3, -0.25) is 14.1 Å². The molecule has 0 bridgehead atoms. The zero-order chi connectivity index (χ0) is 25.5. The lowest BCUT2D eigenvalue weighted by atomic mass is 9.93. The van der Waals surface area contributed by atoms with Gasteiger partial charge < -0.3 is 24.8 Å². The molecule has 0 spiro atoms.